The minimum atomic E-state index is -0.702. The lowest BCUT2D eigenvalue weighted by atomic mass is 10.1. The van der Waals surface area contributed by atoms with Crippen LogP contribution in [0.5, 0.6) is 0 Å². The molecular formula is C14H17F2NOS. The van der Waals surface area contributed by atoms with Crippen LogP contribution in [-0.4, -0.2) is 41.3 Å². The number of thioether (sulfide) groups is 1. The molecule has 1 aromatic carbocycles. The average Bonchev–Trinajstić information content (AvgIpc) is 2.35. The fraction of sp³-hybridized carbons (Fsp3) is 0.500. The summed E-state index contributed by atoms with van der Waals surface area (Å²) in [6.07, 6.45) is 0.306. The van der Waals surface area contributed by atoms with Crippen molar-refractivity contribution >= 4 is 17.5 Å². The van der Waals surface area contributed by atoms with E-state index in [0.29, 0.717) is 18.2 Å². The van der Waals surface area contributed by atoms with E-state index in [1.807, 2.05) is 11.8 Å². The van der Waals surface area contributed by atoms with Crippen LogP contribution in [0, 0.1) is 11.6 Å². The number of nitrogens with zero attached hydrogens (tertiary/aromatic N) is 1. The number of carbonyl (C=O) groups is 1. The Morgan fingerprint density at radius 1 is 1.37 bits per heavy atom. The zero-order chi connectivity index (χ0) is 13.8. The van der Waals surface area contributed by atoms with Gasteiger partial charge in [-0.2, -0.15) is 11.8 Å². The van der Waals surface area contributed by atoms with Gasteiger partial charge in [-0.25, -0.2) is 8.78 Å². The molecule has 1 unspecified atom stereocenters. The van der Waals surface area contributed by atoms with Gasteiger partial charge in [0, 0.05) is 48.7 Å². The van der Waals surface area contributed by atoms with E-state index in [9.17, 15) is 13.6 Å². The summed E-state index contributed by atoms with van der Waals surface area (Å²) in [6.45, 7) is 4.76. The van der Waals surface area contributed by atoms with Gasteiger partial charge in [-0.05, 0) is 12.1 Å². The standard InChI is InChI=1S/C14H17F2NOS/c1-10-9-17(4-5-19-10)3-2-14(18)11-6-12(15)8-13(16)7-11/h6-8,10H,2-5,9H2,1H3. The van der Waals surface area contributed by atoms with Crippen molar-refractivity contribution in [3.05, 3.63) is 35.4 Å². The van der Waals surface area contributed by atoms with Crippen molar-refractivity contribution in [1.29, 1.82) is 0 Å². The molecule has 1 atom stereocenters. The van der Waals surface area contributed by atoms with Crippen LogP contribution in [0.15, 0.2) is 18.2 Å². The van der Waals surface area contributed by atoms with Gasteiger partial charge < -0.3 is 4.90 Å². The van der Waals surface area contributed by atoms with E-state index in [1.165, 1.54) is 0 Å². The van der Waals surface area contributed by atoms with Gasteiger partial charge in [-0.1, -0.05) is 6.92 Å². The highest BCUT2D eigenvalue weighted by Crippen LogP contribution is 2.18. The highest BCUT2D eigenvalue weighted by Gasteiger charge is 2.18. The molecule has 1 saturated heterocycles. The molecule has 1 heterocycles. The first-order chi connectivity index (χ1) is 9.04. The number of halogens is 2. The largest absolute Gasteiger partial charge is 0.301 e. The topological polar surface area (TPSA) is 20.3 Å². The van der Waals surface area contributed by atoms with Gasteiger partial charge in [0.1, 0.15) is 11.6 Å². The summed E-state index contributed by atoms with van der Waals surface area (Å²) in [5.74, 6) is -0.536. The second-order valence-electron chi connectivity index (χ2n) is 4.81. The van der Waals surface area contributed by atoms with Gasteiger partial charge in [-0.3, -0.25) is 4.79 Å². The first-order valence-corrected chi connectivity index (χ1v) is 7.43. The molecule has 1 aliphatic heterocycles. The van der Waals surface area contributed by atoms with Gasteiger partial charge in [-0.15, -0.1) is 0 Å². The fourth-order valence-electron chi connectivity index (χ4n) is 2.21. The second-order valence-corrected chi connectivity index (χ2v) is 6.36. The van der Waals surface area contributed by atoms with Crippen LogP contribution >= 0.6 is 11.8 Å². The summed E-state index contributed by atoms with van der Waals surface area (Å²) >= 11 is 1.93. The highest BCUT2D eigenvalue weighted by atomic mass is 32.2. The molecule has 0 radical (unpaired) electrons. The monoisotopic (exact) mass is 285 g/mol. The zero-order valence-electron chi connectivity index (χ0n) is 10.9. The van der Waals surface area contributed by atoms with Crippen molar-refractivity contribution in [1.82, 2.24) is 4.90 Å². The van der Waals surface area contributed by atoms with Crippen molar-refractivity contribution in [3.8, 4) is 0 Å². The minimum Gasteiger partial charge on any atom is -0.301 e. The third kappa shape index (κ3) is 4.28. The zero-order valence-corrected chi connectivity index (χ0v) is 11.7. The maximum atomic E-state index is 13.0. The molecule has 0 N–H and O–H groups in total. The Balaban J connectivity index is 1.90. The van der Waals surface area contributed by atoms with Crippen LogP contribution < -0.4 is 0 Å². The Labute approximate surface area is 116 Å². The number of hydrogen-bond acceptors (Lipinski definition) is 3. The van der Waals surface area contributed by atoms with Crippen LogP contribution in [-0.2, 0) is 0 Å². The summed E-state index contributed by atoms with van der Waals surface area (Å²) in [4.78, 5) is 14.1. The molecule has 2 nitrogen and oxygen atoms in total. The normalized spacial score (nSPS) is 20.5. The molecule has 0 aliphatic carbocycles. The lowest BCUT2D eigenvalue weighted by Gasteiger charge is -2.30. The summed E-state index contributed by atoms with van der Waals surface area (Å²) in [5, 5.41) is 0.579. The maximum absolute atomic E-state index is 13.0. The lowest BCUT2D eigenvalue weighted by Crippen LogP contribution is -2.37. The molecule has 19 heavy (non-hydrogen) atoms. The van der Waals surface area contributed by atoms with Crippen LogP contribution in [0.1, 0.15) is 23.7 Å². The lowest BCUT2D eigenvalue weighted by molar-refractivity contribution is 0.0964. The number of ketones is 1. The summed E-state index contributed by atoms with van der Waals surface area (Å²) in [6, 6.07) is 2.97. The quantitative estimate of drug-likeness (QED) is 0.793. The SMILES string of the molecule is CC1CN(CCC(=O)c2cc(F)cc(F)c2)CCS1. The smallest absolute Gasteiger partial charge is 0.164 e. The van der Waals surface area contributed by atoms with Crippen molar-refractivity contribution in [2.24, 2.45) is 0 Å². The predicted octanol–water partition coefficient (Wildman–Crippen LogP) is 2.97. The number of hydrogen-bond donors (Lipinski definition) is 0. The van der Waals surface area contributed by atoms with E-state index in [-0.39, 0.29) is 11.3 Å². The van der Waals surface area contributed by atoms with Crippen LogP contribution in [0.2, 0.25) is 0 Å². The molecule has 0 saturated carbocycles. The van der Waals surface area contributed by atoms with Crippen LogP contribution in [0.3, 0.4) is 0 Å². The molecule has 0 spiro atoms. The molecule has 1 aromatic rings. The Kier molecular flexibility index (Phi) is 4.93. The van der Waals surface area contributed by atoms with E-state index >= 15 is 0 Å². The Hall–Kier alpha value is -0.940. The van der Waals surface area contributed by atoms with Gasteiger partial charge in [0.05, 0.1) is 0 Å². The number of carbonyl (C=O) groups excluding carboxylic acids is 1. The van der Waals surface area contributed by atoms with Crippen molar-refractivity contribution < 1.29 is 13.6 Å². The molecular weight excluding hydrogens is 268 g/mol. The average molecular weight is 285 g/mol. The number of Topliss-reactive ketones (excluding diaryl/α,β-unsaturated/α-hetero) is 1. The third-order valence-corrected chi connectivity index (χ3v) is 4.30. The summed E-state index contributed by atoms with van der Waals surface area (Å²) < 4.78 is 26.1. The van der Waals surface area contributed by atoms with Gasteiger partial charge in [0.2, 0.25) is 0 Å². The second kappa shape index (κ2) is 6.48. The molecule has 0 amide bonds. The number of rotatable bonds is 4. The van der Waals surface area contributed by atoms with E-state index in [1.54, 1.807) is 0 Å². The van der Waals surface area contributed by atoms with Crippen LogP contribution in [0.4, 0.5) is 8.78 Å². The Bertz CT molecular complexity index is 447. The Morgan fingerprint density at radius 3 is 2.68 bits per heavy atom. The first kappa shape index (κ1) is 14.5. The predicted molar refractivity (Wildman–Crippen MR) is 73.7 cm³/mol. The molecule has 2 rings (SSSR count). The van der Waals surface area contributed by atoms with E-state index in [0.717, 1.165) is 37.0 Å². The molecule has 104 valence electrons. The van der Waals surface area contributed by atoms with E-state index in [2.05, 4.69) is 11.8 Å². The summed E-state index contributed by atoms with van der Waals surface area (Å²) in [5.41, 5.74) is 0.122. The highest BCUT2D eigenvalue weighted by molar-refractivity contribution is 7.99. The van der Waals surface area contributed by atoms with E-state index < -0.39 is 11.6 Å². The molecule has 1 aliphatic rings. The van der Waals surface area contributed by atoms with E-state index in [4.69, 9.17) is 0 Å². The van der Waals surface area contributed by atoms with Crippen molar-refractivity contribution in [3.63, 3.8) is 0 Å². The first-order valence-electron chi connectivity index (χ1n) is 6.38. The number of benzene rings is 1. The molecule has 0 aromatic heterocycles. The summed E-state index contributed by atoms with van der Waals surface area (Å²) in [7, 11) is 0. The van der Waals surface area contributed by atoms with Crippen molar-refractivity contribution in [2.45, 2.75) is 18.6 Å². The van der Waals surface area contributed by atoms with Gasteiger partial charge in [0.15, 0.2) is 5.78 Å². The fourth-order valence-corrected chi connectivity index (χ4v) is 3.29. The molecule has 0 bridgehead atoms. The van der Waals surface area contributed by atoms with Crippen LogP contribution in [0.25, 0.3) is 0 Å². The minimum absolute atomic E-state index is 0.122. The maximum Gasteiger partial charge on any atom is 0.164 e. The molecule has 1 fully saturated rings. The van der Waals surface area contributed by atoms with Gasteiger partial charge in [0.25, 0.3) is 0 Å². The Morgan fingerprint density at radius 2 is 2.05 bits per heavy atom. The van der Waals surface area contributed by atoms with Crippen molar-refractivity contribution in [2.75, 3.05) is 25.4 Å². The van der Waals surface area contributed by atoms with Gasteiger partial charge >= 0.3 is 0 Å². The molecule has 5 heteroatoms. The third-order valence-electron chi connectivity index (χ3n) is 3.16.